The number of carbonyl (C=O) groups excluding carboxylic acids is 1. The molecule has 0 aromatic heterocycles. The number of nitro groups is 1. The van der Waals surface area contributed by atoms with Crippen molar-refractivity contribution in [1.82, 2.24) is 0 Å². The van der Waals surface area contributed by atoms with Gasteiger partial charge in [0, 0.05) is 12.1 Å². The van der Waals surface area contributed by atoms with Gasteiger partial charge in [-0.3, -0.25) is 10.1 Å². The molecule has 1 fully saturated rings. The predicted molar refractivity (Wildman–Crippen MR) is 62.4 cm³/mol. The second-order valence-electron chi connectivity index (χ2n) is 4.26. The number of nitro benzene ring substituents is 1. The molecule has 1 aromatic rings. The summed E-state index contributed by atoms with van der Waals surface area (Å²) in [6, 6.07) is 5.27. The molecule has 6 heteroatoms. The van der Waals surface area contributed by atoms with Gasteiger partial charge in [0.15, 0.2) is 0 Å². The van der Waals surface area contributed by atoms with Crippen LogP contribution < -0.4 is 4.74 Å². The highest BCUT2D eigenvalue weighted by molar-refractivity contribution is 5.64. The van der Waals surface area contributed by atoms with E-state index in [4.69, 9.17) is 9.47 Å². The smallest absolute Gasteiger partial charge is 0.431 e. The number of hydrogen-bond acceptors (Lipinski definition) is 5. The van der Waals surface area contributed by atoms with Gasteiger partial charge in [-0.25, -0.2) is 4.79 Å². The highest BCUT2D eigenvalue weighted by Gasteiger charge is 2.31. The topological polar surface area (TPSA) is 78.7 Å². The summed E-state index contributed by atoms with van der Waals surface area (Å²) in [7, 11) is 0. The molecule has 0 bridgehead atoms. The maximum absolute atomic E-state index is 11.4. The lowest BCUT2D eigenvalue weighted by molar-refractivity contribution is -0.384. The summed E-state index contributed by atoms with van der Waals surface area (Å²) in [5, 5.41) is 10.4. The first-order valence-corrected chi connectivity index (χ1v) is 5.69. The average Bonchev–Trinajstić information content (AvgIpc) is 3.13. The maximum atomic E-state index is 11.4. The van der Waals surface area contributed by atoms with Crippen LogP contribution in [0.2, 0.25) is 0 Å². The first kappa shape index (κ1) is 12.3. The summed E-state index contributed by atoms with van der Waals surface area (Å²) in [6.07, 6.45) is 1.23. The number of carbonyl (C=O) groups is 1. The van der Waals surface area contributed by atoms with E-state index in [-0.39, 0.29) is 17.5 Å². The molecule has 1 aliphatic rings. The highest BCUT2D eigenvalue weighted by Crippen LogP contribution is 2.34. The van der Waals surface area contributed by atoms with Crippen LogP contribution in [0.25, 0.3) is 0 Å². The maximum Gasteiger partial charge on any atom is 0.514 e. The molecule has 6 nitrogen and oxygen atoms in total. The van der Waals surface area contributed by atoms with Crippen LogP contribution >= 0.6 is 0 Å². The van der Waals surface area contributed by atoms with Crippen LogP contribution in [-0.4, -0.2) is 17.2 Å². The third-order valence-electron chi connectivity index (χ3n) is 2.82. The molecule has 0 heterocycles. The van der Waals surface area contributed by atoms with E-state index in [0.717, 1.165) is 12.8 Å². The Labute approximate surface area is 104 Å². The fourth-order valence-electron chi connectivity index (χ4n) is 1.57. The van der Waals surface area contributed by atoms with Crippen LogP contribution in [0.15, 0.2) is 24.3 Å². The molecule has 2 rings (SSSR count). The Hall–Kier alpha value is -2.11. The molecule has 18 heavy (non-hydrogen) atoms. The number of rotatable bonds is 4. The molecule has 1 aromatic carbocycles. The Morgan fingerprint density at radius 1 is 1.39 bits per heavy atom. The highest BCUT2D eigenvalue weighted by atomic mass is 16.7. The molecule has 0 N–H and O–H groups in total. The van der Waals surface area contributed by atoms with E-state index in [1.54, 1.807) is 0 Å². The molecule has 0 radical (unpaired) electrons. The van der Waals surface area contributed by atoms with Crippen LogP contribution in [0.4, 0.5) is 10.5 Å². The molecular formula is C12H13NO5. The van der Waals surface area contributed by atoms with E-state index in [0.29, 0.717) is 5.92 Å². The molecule has 0 saturated heterocycles. The van der Waals surface area contributed by atoms with E-state index in [1.807, 2.05) is 6.92 Å². The fraction of sp³-hybridized carbons (Fsp3) is 0.417. The minimum absolute atomic E-state index is 0.0536. The lowest BCUT2D eigenvalue weighted by Gasteiger charge is -2.11. The lowest BCUT2D eigenvalue weighted by Crippen LogP contribution is -2.19. The third-order valence-corrected chi connectivity index (χ3v) is 2.82. The zero-order valence-corrected chi connectivity index (χ0v) is 9.87. The summed E-state index contributed by atoms with van der Waals surface area (Å²) in [5.41, 5.74) is -0.0536. The second-order valence-corrected chi connectivity index (χ2v) is 4.26. The van der Waals surface area contributed by atoms with Gasteiger partial charge < -0.3 is 9.47 Å². The summed E-state index contributed by atoms with van der Waals surface area (Å²) < 4.78 is 9.97. The molecule has 0 unspecified atom stereocenters. The van der Waals surface area contributed by atoms with E-state index in [9.17, 15) is 14.9 Å². The largest absolute Gasteiger partial charge is 0.514 e. The molecular weight excluding hydrogens is 238 g/mol. The molecule has 1 atom stereocenters. The van der Waals surface area contributed by atoms with E-state index in [2.05, 4.69) is 0 Å². The first-order valence-electron chi connectivity index (χ1n) is 5.69. The molecule has 0 aliphatic heterocycles. The van der Waals surface area contributed by atoms with Crippen molar-refractivity contribution in [1.29, 1.82) is 0 Å². The van der Waals surface area contributed by atoms with Gasteiger partial charge in [-0.2, -0.15) is 0 Å². The second kappa shape index (κ2) is 5.03. The van der Waals surface area contributed by atoms with Crippen molar-refractivity contribution in [2.75, 3.05) is 0 Å². The summed E-state index contributed by atoms with van der Waals surface area (Å²) >= 11 is 0. The van der Waals surface area contributed by atoms with Crippen LogP contribution in [0, 0.1) is 16.0 Å². The van der Waals surface area contributed by atoms with Gasteiger partial charge in [0.2, 0.25) is 0 Å². The van der Waals surface area contributed by atoms with Crippen molar-refractivity contribution >= 4 is 11.8 Å². The molecule has 1 aliphatic carbocycles. The van der Waals surface area contributed by atoms with Crippen molar-refractivity contribution < 1.29 is 19.2 Å². The average molecular weight is 251 g/mol. The van der Waals surface area contributed by atoms with Gasteiger partial charge >= 0.3 is 6.16 Å². The van der Waals surface area contributed by atoms with Crippen molar-refractivity contribution in [3.05, 3.63) is 34.4 Å². The zero-order valence-electron chi connectivity index (χ0n) is 9.87. The Morgan fingerprint density at radius 2 is 2.00 bits per heavy atom. The van der Waals surface area contributed by atoms with Crippen molar-refractivity contribution in [3.8, 4) is 5.75 Å². The molecule has 0 amide bonds. The van der Waals surface area contributed by atoms with Crippen molar-refractivity contribution in [3.63, 3.8) is 0 Å². The van der Waals surface area contributed by atoms with Crippen LogP contribution in [-0.2, 0) is 4.74 Å². The van der Waals surface area contributed by atoms with E-state index < -0.39 is 11.1 Å². The lowest BCUT2D eigenvalue weighted by atomic mass is 10.3. The van der Waals surface area contributed by atoms with Gasteiger partial charge in [-0.1, -0.05) is 0 Å². The summed E-state index contributed by atoms with van der Waals surface area (Å²) in [5.74, 6) is 0.669. The van der Waals surface area contributed by atoms with E-state index >= 15 is 0 Å². The van der Waals surface area contributed by atoms with Gasteiger partial charge in [0.1, 0.15) is 11.9 Å². The first-order chi connectivity index (χ1) is 8.56. The van der Waals surface area contributed by atoms with Gasteiger partial charge in [0.25, 0.3) is 5.69 Å². The van der Waals surface area contributed by atoms with Crippen LogP contribution in [0.5, 0.6) is 5.75 Å². The predicted octanol–water partition coefficient (Wildman–Crippen LogP) is 2.91. The van der Waals surface area contributed by atoms with Gasteiger partial charge in [0.05, 0.1) is 4.92 Å². The number of hydrogen-bond donors (Lipinski definition) is 0. The zero-order chi connectivity index (χ0) is 13.1. The van der Waals surface area contributed by atoms with E-state index in [1.165, 1.54) is 24.3 Å². The Morgan fingerprint density at radius 3 is 2.50 bits per heavy atom. The number of non-ortho nitro benzene ring substituents is 1. The molecule has 0 spiro atoms. The van der Waals surface area contributed by atoms with Crippen molar-refractivity contribution in [2.45, 2.75) is 25.9 Å². The number of nitrogens with zero attached hydrogens (tertiary/aromatic N) is 1. The summed E-state index contributed by atoms with van der Waals surface area (Å²) in [6.45, 7) is 1.83. The SMILES string of the molecule is C[C@H](OC(=O)Oc1ccc([N+](=O)[O-])cc1)C1CC1. The van der Waals surface area contributed by atoms with Crippen molar-refractivity contribution in [2.24, 2.45) is 5.92 Å². The van der Waals surface area contributed by atoms with Crippen LogP contribution in [0.3, 0.4) is 0 Å². The Kier molecular flexibility index (Phi) is 3.45. The molecule has 96 valence electrons. The van der Waals surface area contributed by atoms with Gasteiger partial charge in [-0.05, 0) is 37.8 Å². The Bertz CT molecular complexity index is 452. The summed E-state index contributed by atoms with van der Waals surface area (Å²) in [4.78, 5) is 21.3. The van der Waals surface area contributed by atoms with Gasteiger partial charge in [-0.15, -0.1) is 0 Å². The molecule has 1 saturated carbocycles. The standard InChI is InChI=1S/C12H13NO5/c1-8(9-2-3-9)17-12(14)18-11-6-4-10(5-7-11)13(15)16/h4-9H,2-3H2,1H3/t8-/m0/s1. The normalized spacial score (nSPS) is 15.8. The minimum atomic E-state index is -0.775. The number of ether oxygens (including phenoxy) is 2. The Balaban J connectivity index is 1.88. The fourth-order valence-corrected chi connectivity index (χ4v) is 1.57. The van der Waals surface area contributed by atoms with Crippen LogP contribution in [0.1, 0.15) is 19.8 Å². The monoisotopic (exact) mass is 251 g/mol. The quantitative estimate of drug-likeness (QED) is 0.356. The number of benzene rings is 1. The third kappa shape index (κ3) is 3.19. The minimum Gasteiger partial charge on any atom is -0.431 e.